The minimum atomic E-state index is -0.150. The first-order valence-corrected chi connectivity index (χ1v) is 8.30. The van der Waals surface area contributed by atoms with Crippen LogP contribution in [-0.2, 0) is 7.05 Å². The third-order valence-electron chi connectivity index (χ3n) is 4.50. The lowest BCUT2D eigenvalue weighted by Crippen LogP contribution is -2.42. The molecular weight excluding hydrogens is 310 g/mol. The molecule has 1 N–H and O–H groups in total. The molecule has 0 radical (unpaired) electrons. The Bertz CT molecular complexity index is 874. The number of hydrogen-bond acceptors (Lipinski definition) is 3. The summed E-state index contributed by atoms with van der Waals surface area (Å²) in [7, 11) is 1.64. The van der Waals surface area contributed by atoms with E-state index in [0.29, 0.717) is 33.1 Å². The topological polar surface area (TPSA) is 58.1 Å². The lowest BCUT2D eigenvalue weighted by molar-refractivity contribution is 0.0623. The van der Waals surface area contributed by atoms with Crippen molar-refractivity contribution < 1.29 is 4.79 Å². The molecule has 6 heteroatoms. The zero-order chi connectivity index (χ0) is 16.7. The Labute approximate surface area is 139 Å². The number of aromatic amines is 1. The Morgan fingerprint density at radius 1 is 1.26 bits per heavy atom. The third kappa shape index (κ3) is 2.95. The molecule has 2 aromatic rings. The molecule has 1 aliphatic rings. The van der Waals surface area contributed by atoms with Gasteiger partial charge in [0.1, 0.15) is 0 Å². The Kier molecular flexibility index (Phi) is 4.10. The number of hydrogen-bond donors (Lipinski definition) is 1. The highest BCUT2D eigenvalue weighted by atomic mass is 32.1. The van der Waals surface area contributed by atoms with E-state index < -0.39 is 0 Å². The summed E-state index contributed by atoms with van der Waals surface area (Å²) in [4.78, 5) is 29.9. The van der Waals surface area contributed by atoms with E-state index in [1.807, 2.05) is 4.90 Å². The van der Waals surface area contributed by atoms with E-state index in [1.165, 1.54) is 4.57 Å². The zero-order valence-electron chi connectivity index (χ0n) is 13.6. The Morgan fingerprint density at radius 2 is 1.91 bits per heavy atom. The molecule has 2 atom stereocenters. The van der Waals surface area contributed by atoms with Gasteiger partial charge in [0.25, 0.3) is 11.5 Å². The first kappa shape index (κ1) is 15.9. The number of nitrogens with zero attached hydrogens (tertiary/aromatic N) is 2. The van der Waals surface area contributed by atoms with Crippen LogP contribution in [0.3, 0.4) is 0 Å². The number of aromatic nitrogens is 2. The minimum Gasteiger partial charge on any atom is -0.338 e. The SMILES string of the molecule is C[C@H]1C[C@H](C)CN(C(=O)c2ccc3c(=O)n(C)c(=S)[nH]c3c2)C1. The predicted octanol–water partition coefficient (Wildman–Crippen LogP) is 2.71. The van der Waals surface area contributed by atoms with Gasteiger partial charge in [-0.1, -0.05) is 13.8 Å². The molecule has 3 rings (SSSR count). The van der Waals surface area contributed by atoms with E-state index in [9.17, 15) is 9.59 Å². The molecule has 0 saturated carbocycles. The molecule has 2 heterocycles. The van der Waals surface area contributed by atoms with Crippen LogP contribution in [0.25, 0.3) is 10.9 Å². The molecular formula is C17H21N3O2S. The summed E-state index contributed by atoms with van der Waals surface area (Å²) in [6, 6.07) is 5.17. The summed E-state index contributed by atoms with van der Waals surface area (Å²) in [5.41, 5.74) is 1.06. The average molecular weight is 331 g/mol. The van der Waals surface area contributed by atoms with Gasteiger partial charge >= 0.3 is 0 Å². The summed E-state index contributed by atoms with van der Waals surface area (Å²) >= 11 is 5.15. The molecule has 0 spiro atoms. The van der Waals surface area contributed by atoms with Crippen molar-refractivity contribution in [2.24, 2.45) is 18.9 Å². The summed E-state index contributed by atoms with van der Waals surface area (Å²) in [5, 5.41) is 0.540. The maximum Gasteiger partial charge on any atom is 0.261 e. The zero-order valence-corrected chi connectivity index (χ0v) is 14.4. The van der Waals surface area contributed by atoms with E-state index in [0.717, 1.165) is 19.5 Å². The summed E-state index contributed by atoms with van der Waals surface area (Å²) < 4.78 is 1.75. The molecule has 1 saturated heterocycles. The third-order valence-corrected chi connectivity index (χ3v) is 4.88. The van der Waals surface area contributed by atoms with Crippen LogP contribution in [0.1, 0.15) is 30.6 Å². The largest absolute Gasteiger partial charge is 0.338 e. The highest BCUT2D eigenvalue weighted by Gasteiger charge is 2.26. The molecule has 122 valence electrons. The Morgan fingerprint density at radius 3 is 2.57 bits per heavy atom. The fraction of sp³-hybridized carbons (Fsp3) is 0.471. The van der Waals surface area contributed by atoms with Crippen LogP contribution in [0.4, 0.5) is 0 Å². The monoisotopic (exact) mass is 331 g/mol. The van der Waals surface area contributed by atoms with Gasteiger partial charge in [0.2, 0.25) is 0 Å². The molecule has 0 aliphatic carbocycles. The fourth-order valence-electron chi connectivity index (χ4n) is 3.45. The normalized spacial score (nSPS) is 21.6. The quantitative estimate of drug-likeness (QED) is 0.818. The van der Waals surface area contributed by atoms with Gasteiger partial charge in [-0.05, 0) is 48.7 Å². The van der Waals surface area contributed by atoms with Crippen LogP contribution < -0.4 is 5.56 Å². The highest BCUT2D eigenvalue weighted by molar-refractivity contribution is 7.71. The summed E-state index contributed by atoms with van der Waals surface area (Å²) in [6.07, 6.45) is 1.16. The summed E-state index contributed by atoms with van der Waals surface area (Å²) in [6.45, 7) is 5.93. The molecule has 23 heavy (non-hydrogen) atoms. The number of rotatable bonds is 1. The number of carbonyl (C=O) groups is 1. The van der Waals surface area contributed by atoms with Gasteiger partial charge in [-0.3, -0.25) is 14.2 Å². The van der Waals surface area contributed by atoms with Gasteiger partial charge in [-0.25, -0.2) is 0 Å². The van der Waals surface area contributed by atoms with E-state index in [1.54, 1.807) is 25.2 Å². The second-order valence-corrected chi connectivity index (χ2v) is 7.10. The minimum absolute atomic E-state index is 0.0188. The van der Waals surface area contributed by atoms with E-state index >= 15 is 0 Å². The van der Waals surface area contributed by atoms with Crippen molar-refractivity contribution in [1.29, 1.82) is 0 Å². The lowest BCUT2D eigenvalue weighted by Gasteiger charge is -2.35. The highest BCUT2D eigenvalue weighted by Crippen LogP contribution is 2.23. The van der Waals surface area contributed by atoms with Gasteiger partial charge in [0.15, 0.2) is 4.77 Å². The number of carbonyl (C=O) groups excluding carboxylic acids is 1. The van der Waals surface area contributed by atoms with Crippen LogP contribution in [0.5, 0.6) is 0 Å². The molecule has 0 unspecified atom stereocenters. The van der Waals surface area contributed by atoms with Crippen molar-refractivity contribution in [3.05, 3.63) is 38.9 Å². The lowest BCUT2D eigenvalue weighted by atomic mass is 9.91. The van der Waals surface area contributed by atoms with Gasteiger partial charge in [0, 0.05) is 25.7 Å². The Hall–Kier alpha value is -1.95. The average Bonchev–Trinajstić information content (AvgIpc) is 2.50. The second-order valence-electron chi connectivity index (χ2n) is 6.71. The number of fused-ring (bicyclic) bond motifs is 1. The predicted molar refractivity (Wildman–Crippen MR) is 93.2 cm³/mol. The number of benzene rings is 1. The number of piperidine rings is 1. The second kappa shape index (κ2) is 5.92. The molecule has 1 amide bonds. The van der Waals surface area contributed by atoms with Crippen molar-refractivity contribution in [2.75, 3.05) is 13.1 Å². The van der Waals surface area contributed by atoms with Crippen molar-refractivity contribution in [1.82, 2.24) is 14.5 Å². The molecule has 1 aromatic heterocycles. The maximum atomic E-state index is 12.8. The van der Waals surface area contributed by atoms with E-state index in [2.05, 4.69) is 18.8 Å². The van der Waals surface area contributed by atoms with Crippen molar-refractivity contribution in [3.8, 4) is 0 Å². The fourth-order valence-corrected chi connectivity index (χ4v) is 3.64. The van der Waals surface area contributed by atoms with Gasteiger partial charge in [-0.2, -0.15) is 0 Å². The smallest absolute Gasteiger partial charge is 0.261 e. The number of likely N-dealkylation sites (tertiary alicyclic amines) is 1. The molecule has 1 fully saturated rings. The molecule has 1 aromatic carbocycles. The van der Waals surface area contributed by atoms with Gasteiger partial charge in [-0.15, -0.1) is 0 Å². The number of nitrogens with one attached hydrogen (secondary N) is 1. The van der Waals surface area contributed by atoms with Crippen LogP contribution in [0, 0.1) is 16.6 Å². The number of H-pyrrole nitrogens is 1. The maximum absolute atomic E-state index is 12.8. The van der Waals surface area contributed by atoms with Gasteiger partial charge in [0.05, 0.1) is 10.9 Å². The van der Waals surface area contributed by atoms with Crippen LogP contribution in [-0.4, -0.2) is 33.4 Å². The van der Waals surface area contributed by atoms with E-state index in [-0.39, 0.29) is 11.5 Å². The summed E-state index contributed by atoms with van der Waals surface area (Å²) in [5.74, 6) is 1.05. The van der Waals surface area contributed by atoms with Crippen LogP contribution in [0.15, 0.2) is 23.0 Å². The first-order chi connectivity index (χ1) is 10.9. The standard InChI is InChI=1S/C17H21N3O2S/c1-10-6-11(2)9-20(8-10)15(21)12-4-5-13-14(7-12)18-17(23)19(3)16(13)22/h4-5,7,10-11H,6,8-9H2,1-3H3,(H,18,23)/t10-,11-/m0/s1. The molecule has 5 nitrogen and oxygen atoms in total. The van der Waals surface area contributed by atoms with Crippen LogP contribution in [0.2, 0.25) is 0 Å². The van der Waals surface area contributed by atoms with E-state index in [4.69, 9.17) is 12.2 Å². The van der Waals surface area contributed by atoms with Gasteiger partial charge < -0.3 is 9.88 Å². The Balaban J connectivity index is 2.00. The first-order valence-electron chi connectivity index (χ1n) is 7.89. The molecule has 0 bridgehead atoms. The van der Waals surface area contributed by atoms with Crippen molar-refractivity contribution in [3.63, 3.8) is 0 Å². The van der Waals surface area contributed by atoms with Crippen molar-refractivity contribution >= 4 is 29.0 Å². The molecule has 1 aliphatic heterocycles. The van der Waals surface area contributed by atoms with Crippen LogP contribution >= 0.6 is 12.2 Å². The van der Waals surface area contributed by atoms with Crippen molar-refractivity contribution in [2.45, 2.75) is 20.3 Å². The number of amides is 1.